The molecule has 3 rings (SSSR count). The topological polar surface area (TPSA) is 89.3 Å². The number of rotatable bonds is 4. The third-order valence-electron chi connectivity index (χ3n) is 4.73. The van der Waals surface area contributed by atoms with E-state index < -0.39 is 14.9 Å². The van der Waals surface area contributed by atoms with Gasteiger partial charge in [0, 0.05) is 17.7 Å². The summed E-state index contributed by atoms with van der Waals surface area (Å²) in [5.41, 5.74) is 0.296. The molecule has 0 amide bonds. The lowest BCUT2D eigenvalue weighted by Gasteiger charge is -2.22. The van der Waals surface area contributed by atoms with E-state index >= 15 is 0 Å². The molecule has 2 aliphatic rings. The van der Waals surface area contributed by atoms with Gasteiger partial charge in [0.05, 0.1) is 9.82 Å². The molecule has 0 radical (unpaired) electrons. The van der Waals surface area contributed by atoms with Gasteiger partial charge in [-0.1, -0.05) is 12.5 Å². The molecule has 1 N–H and O–H groups in total. The smallest absolute Gasteiger partial charge is 0.258 e. The van der Waals surface area contributed by atoms with Crippen molar-refractivity contribution in [2.24, 2.45) is 11.8 Å². The quantitative estimate of drug-likeness (QED) is 0.683. The molecule has 0 aliphatic heterocycles. The van der Waals surface area contributed by atoms with Gasteiger partial charge in [0.25, 0.3) is 5.69 Å². The van der Waals surface area contributed by atoms with Gasteiger partial charge in [-0.3, -0.25) is 10.1 Å². The molecule has 0 saturated heterocycles. The molecule has 2 saturated carbocycles. The molecule has 1 aromatic rings. The molecule has 2 aliphatic carbocycles. The zero-order chi connectivity index (χ0) is 15.2. The van der Waals surface area contributed by atoms with Crippen molar-refractivity contribution in [1.82, 2.24) is 4.72 Å². The first-order valence-electron chi connectivity index (χ1n) is 7.14. The second kappa shape index (κ2) is 5.06. The van der Waals surface area contributed by atoms with Crippen molar-refractivity contribution < 1.29 is 13.3 Å². The van der Waals surface area contributed by atoms with E-state index in [0.29, 0.717) is 17.4 Å². The van der Waals surface area contributed by atoms with Crippen molar-refractivity contribution in [3.05, 3.63) is 33.9 Å². The van der Waals surface area contributed by atoms with Crippen LogP contribution in [0.5, 0.6) is 0 Å². The van der Waals surface area contributed by atoms with Gasteiger partial charge in [-0.25, -0.2) is 13.1 Å². The number of fused-ring (bicyclic) bond motifs is 2. The van der Waals surface area contributed by atoms with Crippen LogP contribution in [0.1, 0.15) is 31.2 Å². The Morgan fingerprint density at radius 2 is 2.05 bits per heavy atom. The molecule has 0 aromatic heterocycles. The van der Waals surface area contributed by atoms with Crippen LogP contribution in [-0.4, -0.2) is 19.4 Å². The first-order chi connectivity index (χ1) is 9.87. The van der Waals surface area contributed by atoms with Crippen molar-refractivity contribution in [3.63, 3.8) is 0 Å². The maximum Gasteiger partial charge on any atom is 0.273 e. The number of aryl methyl sites for hydroxylation is 1. The maximum atomic E-state index is 12.4. The fourth-order valence-corrected chi connectivity index (χ4v) is 4.95. The number of hydrogen-bond acceptors (Lipinski definition) is 4. The van der Waals surface area contributed by atoms with Crippen LogP contribution < -0.4 is 4.72 Å². The van der Waals surface area contributed by atoms with Crippen molar-refractivity contribution in [3.8, 4) is 0 Å². The van der Waals surface area contributed by atoms with Gasteiger partial charge in [0.2, 0.25) is 10.0 Å². The first kappa shape index (κ1) is 14.5. The van der Waals surface area contributed by atoms with Crippen LogP contribution in [0, 0.1) is 28.9 Å². The third-order valence-corrected chi connectivity index (χ3v) is 6.22. The fourth-order valence-electron chi connectivity index (χ4n) is 3.61. The summed E-state index contributed by atoms with van der Waals surface area (Å²) in [6.45, 7) is 1.60. The van der Waals surface area contributed by atoms with Gasteiger partial charge in [-0.05, 0) is 44.1 Å². The lowest BCUT2D eigenvalue weighted by molar-refractivity contribution is -0.385. The van der Waals surface area contributed by atoms with Gasteiger partial charge in [0.1, 0.15) is 0 Å². The van der Waals surface area contributed by atoms with Crippen LogP contribution in [0.3, 0.4) is 0 Å². The summed E-state index contributed by atoms with van der Waals surface area (Å²) in [5.74, 6) is 1.06. The second-order valence-electron chi connectivity index (χ2n) is 6.11. The highest BCUT2D eigenvalue weighted by molar-refractivity contribution is 7.89. The van der Waals surface area contributed by atoms with Gasteiger partial charge < -0.3 is 0 Å². The molecule has 1 aromatic carbocycles. The van der Waals surface area contributed by atoms with E-state index in [4.69, 9.17) is 0 Å². The summed E-state index contributed by atoms with van der Waals surface area (Å²) in [6, 6.07) is 4.03. The number of benzene rings is 1. The molecular weight excluding hydrogens is 292 g/mol. The highest BCUT2D eigenvalue weighted by Gasteiger charge is 2.41. The average molecular weight is 310 g/mol. The van der Waals surface area contributed by atoms with Crippen LogP contribution in [0.15, 0.2) is 23.1 Å². The monoisotopic (exact) mass is 310 g/mol. The molecule has 7 heteroatoms. The van der Waals surface area contributed by atoms with E-state index in [1.54, 1.807) is 6.92 Å². The van der Waals surface area contributed by atoms with Crippen molar-refractivity contribution >= 4 is 15.7 Å². The zero-order valence-electron chi connectivity index (χ0n) is 11.8. The highest BCUT2D eigenvalue weighted by Crippen LogP contribution is 2.44. The Bertz CT molecular complexity index is 686. The Labute approximate surface area is 123 Å². The summed E-state index contributed by atoms with van der Waals surface area (Å²) in [5, 5.41) is 10.9. The van der Waals surface area contributed by atoms with Gasteiger partial charge >= 0.3 is 0 Å². The van der Waals surface area contributed by atoms with Crippen molar-refractivity contribution in [2.75, 3.05) is 0 Å². The van der Waals surface area contributed by atoms with Crippen LogP contribution >= 0.6 is 0 Å². The molecule has 6 nitrogen and oxygen atoms in total. The molecule has 3 atom stereocenters. The summed E-state index contributed by atoms with van der Waals surface area (Å²) >= 11 is 0. The zero-order valence-corrected chi connectivity index (χ0v) is 12.6. The molecule has 0 unspecified atom stereocenters. The Hall–Kier alpha value is -1.47. The third kappa shape index (κ3) is 2.67. The molecule has 0 spiro atoms. The van der Waals surface area contributed by atoms with E-state index in [1.807, 2.05) is 0 Å². The van der Waals surface area contributed by atoms with Crippen molar-refractivity contribution in [2.45, 2.75) is 43.5 Å². The fraction of sp³-hybridized carbons (Fsp3) is 0.571. The van der Waals surface area contributed by atoms with E-state index in [-0.39, 0.29) is 16.6 Å². The van der Waals surface area contributed by atoms with Crippen LogP contribution in [-0.2, 0) is 10.0 Å². The summed E-state index contributed by atoms with van der Waals surface area (Å²) in [7, 11) is -3.69. The predicted molar refractivity (Wildman–Crippen MR) is 77.4 cm³/mol. The van der Waals surface area contributed by atoms with E-state index in [1.165, 1.54) is 18.6 Å². The minimum absolute atomic E-state index is 0.0193. The van der Waals surface area contributed by atoms with E-state index in [9.17, 15) is 18.5 Å². The first-order valence-corrected chi connectivity index (χ1v) is 8.62. The Kier molecular flexibility index (Phi) is 3.49. The average Bonchev–Trinajstić information content (AvgIpc) is 3.00. The molecule has 114 valence electrons. The number of nitro groups is 1. The number of nitrogens with one attached hydrogen (secondary N) is 1. The number of nitro benzene ring substituents is 1. The number of hydrogen-bond donors (Lipinski definition) is 1. The van der Waals surface area contributed by atoms with E-state index in [0.717, 1.165) is 25.3 Å². The lowest BCUT2D eigenvalue weighted by Crippen LogP contribution is -2.38. The summed E-state index contributed by atoms with van der Waals surface area (Å²) in [6.07, 6.45) is 4.25. The number of sulfonamides is 1. The van der Waals surface area contributed by atoms with Crippen LogP contribution in [0.25, 0.3) is 0 Å². The lowest BCUT2D eigenvalue weighted by atomic mass is 9.96. The Morgan fingerprint density at radius 1 is 1.29 bits per heavy atom. The molecule has 2 bridgehead atoms. The largest absolute Gasteiger partial charge is 0.273 e. The van der Waals surface area contributed by atoms with Crippen molar-refractivity contribution in [1.29, 1.82) is 0 Å². The molecule has 21 heavy (non-hydrogen) atoms. The van der Waals surface area contributed by atoms with Gasteiger partial charge in [-0.2, -0.15) is 0 Å². The van der Waals surface area contributed by atoms with Crippen LogP contribution in [0.4, 0.5) is 5.69 Å². The van der Waals surface area contributed by atoms with E-state index in [2.05, 4.69) is 4.72 Å². The molecule has 0 heterocycles. The SMILES string of the molecule is Cc1ccc(S(=O)(=O)N[C@H]2C[C@H]3CC[C@@H]2C3)cc1[N+](=O)[O-]. The minimum atomic E-state index is -3.69. The minimum Gasteiger partial charge on any atom is -0.258 e. The van der Waals surface area contributed by atoms with Gasteiger partial charge in [0.15, 0.2) is 0 Å². The van der Waals surface area contributed by atoms with Gasteiger partial charge in [-0.15, -0.1) is 0 Å². The second-order valence-corrected chi connectivity index (χ2v) is 7.82. The highest BCUT2D eigenvalue weighted by atomic mass is 32.2. The normalized spacial score (nSPS) is 28.0. The summed E-state index contributed by atoms with van der Waals surface area (Å²) in [4.78, 5) is 10.4. The standard InChI is InChI=1S/C14H18N2O4S/c1-9-2-5-12(8-14(9)16(17)18)21(19,20)15-13-7-10-3-4-11(13)6-10/h2,5,8,10-11,13,15H,3-4,6-7H2,1H3/t10-,11+,13-/m0/s1. The van der Waals surface area contributed by atoms with Crippen LogP contribution in [0.2, 0.25) is 0 Å². The Balaban J connectivity index is 1.85. The molecule has 2 fully saturated rings. The maximum absolute atomic E-state index is 12.4. The number of nitrogens with zero attached hydrogens (tertiary/aromatic N) is 1. The predicted octanol–water partition coefficient (Wildman–Crippen LogP) is 2.37. The Morgan fingerprint density at radius 3 is 2.62 bits per heavy atom. The summed E-state index contributed by atoms with van der Waals surface area (Å²) < 4.78 is 27.6. The molecular formula is C14H18N2O4S.